The van der Waals surface area contributed by atoms with E-state index in [-0.39, 0.29) is 5.28 Å². The second-order valence-corrected chi connectivity index (χ2v) is 2.26. The summed E-state index contributed by atoms with van der Waals surface area (Å²) >= 11 is 5.52. The van der Waals surface area contributed by atoms with E-state index >= 15 is 0 Å². The maximum atomic E-state index is 5.52. The lowest BCUT2D eigenvalue weighted by atomic mass is 10.3. The topological polar surface area (TPSA) is 38.7 Å². The largest absolute Gasteiger partial charge is 0.225 e. The zero-order chi connectivity index (χ0) is 7.40. The van der Waals surface area contributed by atoms with Gasteiger partial charge in [-0.2, -0.15) is 0 Å². The first-order chi connectivity index (χ1) is 4.83. The van der Waals surface area contributed by atoms with Crippen molar-refractivity contribution in [2.24, 2.45) is 0 Å². The predicted octanol–water partition coefficient (Wildman–Crippen LogP) is 1.48. The molecule has 1 heterocycles. The molecule has 0 atom stereocenters. The van der Waals surface area contributed by atoms with Crippen LogP contribution in [0.3, 0.4) is 0 Å². The first kappa shape index (κ1) is 7.41. The quantitative estimate of drug-likeness (QED) is 0.653. The van der Waals surface area contributed by atoms with Gasteiger partial charge in [-0.3, -0.25) is 0 Å². The molecular weight excluding hydrogens is 150 g/mol. The van der Waals surface area contributed by atoms with Crippen LogP contribution in [0.1, 0.15) is 19.2 Å². The Morgan fingerprint density at radius 2 is 2.30 bits per heavy atom. The van der Waals surface area contributed by atoms with E-state index in [0.717, 1.165) is 18.7 Å². The average Bonchev–Trinajstić information content (AvgIpc) is 1.88. The minimum absolute atomic E-state index is 0.276. The molecule has 4 heteroatoms. The predicted molar refractivity (Wildman–Crippen MR) is 38.8 cm³/mol. The molecule has 0 unspecified atom stereocenters. The maximum absolute atomic E-state index is 5.52. The highest BCUT2D eigenvalue weighted by Gasteiger charge is 1.94. The highest BCUT2D eigenvalue weighted by molar-refractivity contribution is 6.28. The lowest BCUT2D eigenvalue weighted by Crippen LogP contribution is -1.94. The monoisotopic (exact) mass is 157 g/mol. The van der Waals surface area contributed by atoms with Gasteiger partial charge in [-0.05, 0) is 18.0 Å². The van der Waals surface area contributed by atoms with Crippen molar-refractivity contribution < 1.29 is 0 Å². The van der Waals surface area contributed by atoms with Crippen LogP contribution in [-0.4, -0.2) is 15.0 Å². The van der Waals surface area contributed by atoms with Gasteiger partial charge in [0.1, 0.15) is 12.2 Å². The zero-order valence-corrected chi connectivity index (χ0v) is 6.47. The lowest BCUT2D eigenvalue weighted by Gasteiger charge is -1.93. The fourth-order valence-corrected chi connectivity index (χ4v) is 0.793. The molecule has 54 valence electrons. The molecule has 1 aromatic rings. The minimum atomic E-state index is 0.276. The molecule has 0 radical (unpaired) electrons. The van der Waals surface area contributed by atoms with Crippen LogP contribution >= 0.6 is 11.6 Å². The molecule has 0 amide bonds. The summed E-state index contributed by atoms with van der Waals surface area (Å²) in [4.78, 5) is 11.5. The number of nitrogens with zero attached hydrogens (tertiary/aromatic N) is 3. The van der Waals surface area contributed by atoms with Gasteiger partial charge in [0.05, 0.1) is 0 Å². The summed E-state index contributed by atoms with van der Waals surface area (Å²) in [5.41, 5.74) is 0. The molecule has 1 rings (SSSR count). The number of hydrogen-bond acceptors (Lipinski definition) is 3. The Labute approximate surface area is 64.5 Å². The number of hydrogen-bond donors (Lipinski definition) is 0. The van der Waals surface area contributed by atoms with Crippen LogP contribution in [0.25, 0.3) is 0 Å². The van der Waals surface area contributed by atoms with Gasteiger partial charge in [-0.25, -0.2) is 15.0 Å². The maximum Gasteiger partial charge on any atom is 0.225 e. The Kier molecular flexibility index (Phi) is 2.57. The molecule has 0 aliphatic rings. The lowest BCUT2D eigenvalue weighted by molar-refractivity contribution is 0.816. The average molecular weight is 158 g/mol. The van der Waals surface area contributed by atoms with Crippen molar-refractivity contribution in [2.75, 3.05) is 0 Å². The van der Waals surface area contributed by atoms with Gasteiger partial charge in [-0.15, -0.1) is 0 Å². The van der Waals surface area contributed by atoms with Crippen LogP contribution in [0, 0.1) is 0 Å². The Hall–Kier alpha value is -0.700. The van der Waals surface area contributed by atoms with E-state index < -0.39 is 0 Å². The van der Waals surface area contributed by atoms with Crippen LogP contribution in [-0.2, 0) is 6.42 Å². The van der Waals surface area contributed by atoms with Gasteiger partial charge in [-0.1, -0.05) is 6.92 Å². The SMILES string of the molecule is CCCc1ncnc(Cl)n1. The molecule has 0 N–H and O–H groups in total. The number of aryl methyl sites for hydroxylation is 1. The summed E-state index contributed by atoms with van der Waals surface area (Å²) in [6.07, 6.45) is 3.32. The van der Waals surface area contributed by atoms with Gasteiger partial charge in [0.2, 0.25) is 5.28 Å². The minimum Gasteiger partial charge on any atom is -0.221 e. The second-order valence-electron chi connectivity index (χ2n) is 1.92. The molecule has 0 spiro atoms. The van der Waals surface area contributed by atoms with Crippen LogP contribution in [0.2, 0.25) is 5.28 Å². The van der Waals surface area contributed by atoms with Crippen molar-refractivity contribution in [2.45, 2.75) is 19.8 Å². The molecule has 0 aliphatic carbocycles. The third kappa shape index (κ3) is 1.92. The molecule has 0 aromatic carbocycles. The summed E-state index contributed by atoms with van der Waals surface area (Å²) < 4.78 is 0. The highest BCUT2D eigenvalue weighted by Crippen LogP contribution is 1.99. The van der Waals surface area contributed by atoms with Crippen LogP contribution in [0.15, 0.2) is 6.33 Å². The first-order valence-corrected chi connectivity index (χ1v) is 3.54. The standard InChI is InChI=1S/C6H8ClN3/c1-2-3-5-8-4-9-6(7)10-5/h4H,2-3H2,1H3. The zero-order valence-electron chi connectivity index (χ0n) is 5.71. The normalized spacial score (nSPS) is 9.80. The molecule has 0 saturated heterocycles. The molecule has 1 aromatic heterocycles. The van der Waals surface area contributed by atoms with E-state index in [0.29, 0.717) is 0 Å². The van der Waals surface area contributed by atoms with Crippen molar-refractivity contribution in [3.05, 3.63) is 17.4 Å². The van der Waals surface area contributed by atoms with Gasteiger partial charge in [0.25, 0.3) is 0 Å². The number of rotatable bonds is 2. The summed E-state index contributed by atoms with van der Waals surface area (Å²) in [5, 5.41) is 0.276. The van der Waals surface area contributed by atoms with Gasteiger partial charge >= 0.3 is 0 Å². The summed E-state index contributed by atoms with van der Waals surface area (Å²) in [6.45, 7) is 2.07. The van der Waals surface area contributed by atoms with Gasteiger partial charge in [0, 0.05) is 6.42 Å². The van der Waals surface area contributed by atoms with Crippen LogP contribution in [0.5, 0.6) is 0 Å². The molecular formula is C6H8ClN3. The number of aromatic nitrogens is 3. The summed E-state index contributed by atoms with van der Waals surface area (Å²) in [6, 6.07) is 0. The van der Waals surface area contributed by atoms with Crippen molar-refractivity contribution >= 4 is 11.6 Å². The Morgan fingerprint density at radius 3 is 2.90 bits per heavy atom. The molecule has 0 saturated carbocycles. The molecule has 0 aliphatic heterocycles. The summed E-state index contributed by atoms with van der Waals surface area (Å²) in [7, 11) is 0. The van der Waals surface area contributed by atoms with Crippen molar-refractivity contribution in [3.63, 3.8) is 0 Å². The third-order valence-corrected chi connectivity index (χ3v) is 1.25. The van der Waals surface area contributed by atoms with E-state index in [9.17, 15) is 0 Å². The van der Waals surface area contributed by atoms with Gasteiger partial charge < -0.3 is 0 Å². The third-order valence-electron chi connectivity index (χ3n) is 1.07. The van der Waals surface area contributed by atoms with Crippen molar-refractivity contribution in [1.29, 1.82) is 0 Å². The van der Waals surface area contributed by atoms with Gasteiger partial charge in [0.15, 0.2) is 0 Å². The van der Waals surface area contributed by atoms with Crippen molar-refractivity contribution in [3.8, 4) is 0 Å². The van der Waals surface area contributed by atoms with Crippen molar-refractivity contribution in [1.82, 2.24) is 15.0 Å². The van der Waals surface area contributed by atoms with E-state index in [1.807, 2.05) is 0 Å². The van der Waals surface area contributed by atoms with E-state index in [1.54, 1.807) is 0 Å². The van der Waals surface area contributed by atoms with E-state index in [2.05, 4.69) is 21.9 Å². The molecule has 10 heavy (non-hydrogen) atoms. The fraction of sp³-hybridized carbons (Fsp3) is 0.500. The first-order valence-electron chi connectivity index (χ1n) is 3.16. The second kappa shape index (κ2) is 3.46. The molecule has 0 fully saturated rings. The molecule has 0 bridgehead atoms. The Balaban J connectivity index is 2.75. The van der Waals surface area contributed by atoms with E-state index in [4.69, 9.17) is 11.6 Å². The smallest absolute Gasteiger partial charge is 0.221 e. The Morgan fingerprint density at radius 1 is 1.50 bits per heavy atom. The highest BCUT2D eigenvalue weighted by atomic mass is 35.5. The van der Waals surface area contributed by atoms with E-state index in [1.165, 1.54) is 6.33 Å². The van der Waals surface area contributed by atoms with Crippen LogP contribution < -0.4 is 0 Å². The Bertz CT molecular complexity index is 214. The molecule has 3 nitrogen and oxygen atoms in total. The van der Waals surface area contributed by atoms with Crippen LogP contribution in [0.4, 0.5) is 0 Å². The summed E-state index contributed by atoms with van der Waals surface area (Å²) in [5.74, 6) is 0.766. The number of halogens is 1. The fourth-order valence-electron chi connectivity index (χ4n) is 0.651.